The number of fused-ring (bicyclic) bond motifs is 3. The highest BCUT2D eigenvalue weighted by Crippen LogP contribution is 2.50. The molecule has 0 aliphatic heterocycles. The van der Waals surface area contributed by atoms with Crippen LogP contribution in [-0.4, -0.2) is 41.9 Å². The summed E-state index contributed by atoms with van der Waals surface area (Å²) in [5.74, 6) is -1.73. The molecule has 2 aromatic heterocycles. The van der Waals surface area contributed by atoms with Crippen LogP contribution < -0.4 is 5.32 Å². The summed E-state index contributed by atoms with van der Waals surface area (Å²) in [4.78, 5) is 13.2. The van der Waals surface area contributed by atoms with E-state index < -0.39 is 38.3 Å². The van der Waals surface area contributed by atoms with Crippen LogP contribution in [0, 0.1) is 12.8 Å². The maximum absolute atomic E-state index is 17.4. The van der Waals surface area contributed by atoms with E-state index >= 15 is 4.39 Å². The lowest BCUT2D eigenvalue weighted by Gasteiger charge is -2.28. The number of aryl methyl sites for hydroxylation is 1. The molecule has 0 spiro atoms. The summed E-state index contributed by atoms with van der Waals surface area (Å²) in [6.07, 6.45) is -0.661. The highest BCUT2D eigenvalue weighted by atomic mass is 32.2. The molecule has 0 bridgehead atoms. The minimum atomic E-state index is -4.65. The van der Waals surface area contributed by atoms with Gasteiger partial charge in [-0.2, -0.15) is 0 Å². The van der Waals surface area contributed by atoms with Gasteiger partial charge >= 0.3 is 6.09 Å². The number of aromatic nitrogens is 3. The van der Waals surface area contributed by atoms with E-state index in [2.05, 4.69) is 15.5 Å². The Morgan fingerprint density at radius 1 is 1.13 bits per heavy atom. The van der Waals surface area contributed by atoms with Crippen LogP contribution in [0.4, 0.5) is 14.9 Å². The number of hydrogen-bond acceptors (Lipinski definition) is 8. The van der Waals surface area contributed by atoms with Gasteiger partial charge in [-0.3, -0.25) is 0 Å². The van der Waals surface area contributed by atoms with Gasteiger partial charge in [-0.15, -0.1) is 10.2 Å². The van der Waals surface area contributed by atoms with Crippen LogP contribution in [0.1, 0.15) is 43.8 Å². The molecule has 2 heterocycles. The fourth-order valence-electron chi connectivity index (χ4n) is 5.05. The third-order valence-corrected chi connectivity index (χ3v) is 8.91. The van der Waals surface area contributed by atoms with Crippen LogP contribution in [0.5, 0.6) is 0 Å². The summed E-state index contributed by atoms with van der Waals surface area (Å²) in [5, 5.41) is 8.28. The predicted molar refractivity (Wildman–Crippen MR) is 139 cm³/mol. The van der Waals surface area contributed by atoms with Crippen molar-refractivity contribution in [3.63, 3.8) is 0 Å². The Balaban J connectivity index is 1.69. The van der Waals surface area contributed by atoms with Gasteiger partial charge < -0.3 is 14.5 Å². The summed E-state index contributed by atoms with van der Waals surface area (Å²) >= 11 is 0. The number of anilines is 1. The van der Waals surface area contributed by atoms with Crippen LogP contribution in [0.2, 0.25) is 0 Å². The van der Waals surface area contributed by atoms with Crippen LogP contribution in [0.3, 0.4) is 0 Å². The van der Waals surface area contributed by atoms with E-state index in [1.807, 2.05) is 12.1 Å². The van der Waals surface area contributed by atoms with Gasteiger partial charge in [0.05, 0.1) is 10.4 Å². The summed E-state index contributed by atoms with van der Waals surface area (Å²) in [5.41, 5.74) is 1.79. The molecule has 1 aliphatic carbocycles. The minimum absolute atomic E-state index is 0.0266. The van der Waals surface area contributed by atoms with Gasteiger partial charge in [0.1, 0.15) is 5.60 Å². The number of sulfone groups is 1. The molecule has 5 rings (SSSR count). The molecular formula is C27H29FN4O5S. The highest BCUT2D eigenvalue weighted by molar-refractivity contribution is 7.92. The number of nitrogens with zero attached hydrogens (tertiary/aromatic N) is 3. The van der Waals surface area contributed by atoms with Gasteiger partial charge in [0.2, 0.25) is 15.7 Å². The third kappa shape index (κ3) is 4.05. The quantitative estimate of drug-likeness (QED) is 0.369. The van der Waals surface area contributed by atoms with Gasteiger partial charge in [0, 0.05) is 36.7 Å². The van der Waals surface area contributed by atoms with Gasteiger partial charge in [0.25, 0.3) is 10.9 Å². The molecule has 2 aromatic carbocycles. The average molecular weight is 541 g/mol. The number of carbonyl (C=O) groups is 1. The van der Waals surface area contributed by atoms with Crippen molar-refractivity contribution in [2.75, 3.05) is 12.4 Å². The second-order valence-electron chi connectivity index (χ2n) is 10.4. The zero-order valence-corrected chi connectivity index (χ0v) is 22.6. The molecule has 2 unspecified atom stereocenters. The lowest BCUT2D eigenvalue weighted by atomic mass is 9.98. The Kier molecular flexibility index (Phi) is 6.09. The van der Waals surface area contributed by atoms with Crippen molar-refractivity contribution < 1.29 is 26.8 Å². The molecule has 9 nitrogen and oxygen atoms in total. The van der Waals surface area contributed by atoms with Gasteiger partial charge in [-0.25, -0.2) is 22.2 Å². The number of rotatable bonds is 5. The summed E-state index contributed by atoms with van der Waals surface area (Å²) in [6, 6.07) is 12.9. The number of hydrogen-bond donors (Lipinski definition) is 1. The minimum Gasteiger partial charge on any atom is -0.443 e. The van der Waals surface area contributed by atoms with Crippen molar-refractivity contribution in [2.45, 2.75) is 56.0 Å². The SMILES string of the molecule is CNc1ccc2c(c1)c1c(n2C(=O)OC(C)(C)C)CC(C(F)(c2nnc(C)o2)S(=O)(=O)c2ccccc2)C1. The van der Waals surface area contributed by atoms with E-state index in [-0.39, 0.29) is 23.6 Å². The van der Waals surface area contributed by atoms with E-state index in [4.69, 9.17) is 9.15 Å². The molecule has 0 radical (unpaired) electrons. The first kappa shape index (κ1) is 25.9. The van der Waals surface area contributed by atoms with E-state index in [1.165, 1.54) is 35.8 Å². The van der Waals surface area contributed by atoms with Crippen LogP contribution >= 0.6 is 0 Å². The first-order chi connectivity index (χ1) is 17.9. The van der Waals surface area contributed by atoms with Crippen LogP contribution in [0.15, 0.2) is 57.8 Å². The van der Waals surface area contributed by atoms with Gasteiger partial charge in [-0.1, -0.05) is 18.2 Å². The number of alkyl halides is 1. The molecular weight excluding hydrogens is 511 g/mol. The number of nitrogens with one attached hydrogen (secondary N) is 1. The molecule has 1 aliphatic rings. The molecule has 0 saturated heterocycles. The zero-order valence-electron chi connectivity index (χ0n) is 21.8. The second-order valence-corrected chi connectivity index (χ2v) is 12.5. The normalized spacial score (nSPS) is 17.3. The van der Waals surface area contributed by atoms with Crippen molar-refractivity contribution in [1.29, 1.82) is 0 Å². The summed E-state index contributed by atoms with van der Waals surface area (Å²) in [7, 11) is -2.88. The Morgan fingerprint density at radius 3 is 2.45 bits per heavy atom. The molecule has 2 atom stereocenters. The van der Waals surface area contributed by atoms with E-state index in [0.717, 1.165) is 5.69 Å². The first-order valence-electron chi connectivity index (χ1n) is 12.2. The standard InChI is InChI=1S/C27H29FN4O5S/c1-16-30-31-24(36-16)27(28,38(34,35)19-9-7-6-8-10-19)17-13-20-21-15-18(29-5)11-12-22(21)32(23(20)14-17)25(33)37-26(2,3)4/h6-12,15,17,29H,13-14H2,1-5H3. The fraction of sp³-hybridized carbons (Fsp3) is 0.370. The van der Waals surface area contributed by atoms with Gasteiger partial charge in [0.15, 0.2) is 0 Å². The first-order valence-corrected chi connectivity index (χ1v) is 13.7. The van der Waals surface area contributed by atoms with Crippen molar-refractivity contribution >= 4 is 32.5 Å². The molecule has 11 heteroatoms. The van der Waals surface area contributed by atoms with Crippen molar-refractivity contribution in [1.82, 2.24) is 14.8 Å². The molecule has 200 valence electrons. The topological polar surface area (TPSA) is 116 Å². The van der Waals surface area contributed by atoms with E-state index in [0.29, 0.717) is 22.2 Å². The largest absolute Gasteiger partial charge is 0.443 e. The average Bonchev–Trinajstić information content (AvgIpc) is 3.56. The van der Waals surface area contributed by atoms with E-state index in [9.17, 15) is 13.2 Å². The molecule has 1 N–H and O–H groups in total. The maximum atomic E-state index is 17.4. The maximum Gasteiger partial charge on any atom is 0.419 e. The van der Waals surface area contributed by atoms with Crippen molar-refractivity contribution in [2.24, 2.45) is 5.92 Å². The highest BCUT2D eigenvalue weighted by Gasteiger charge is 2.59. The van der Waals surface area contributed by atoms with E-state index in [1.54, 1.807) is 40.0 Å². The Morgan fingerprint density at radius 2 is 1.84 bits per heavy atom. The number of carbonyl (C=O) groups excluding carboxylic acids is 1. The smallest absolute Gasteiger partial charge is 0.419 e. The third-order valence-electron chi connectivity index (χ3n) is 6.72. The Labute approximate surface area is 219 Å². The molecule has 0 amide bonds. The molecule has 38 heavy (non-hydrogen) atoms. The molecule has 0 fully saturated rings. The summed E-state index contributed by atoms with van der Waals surface area (Å²) < 4.78 is 57.7. The summed E-state index contributed by atoms with van der Waals surface area (Å²) in [6.45, 7) is 6.75. The lowest BCUT2D eigenvalue weighted by Crippen LogP contribution is -2.40. The van der Waals surface area contributed by atoms with Crippen LogP contribution in [0.25, 0.3) is 10.9 Å². The monoisotopic (exact) mass is 540 g/mol. The zero-order chi connectivity index (χ0) is 27.5. The number of halogens is 1. The molecule has 4 aromatic rings. The number of ether oxygens (including phenoxy) is 1. The van der Waals surface area contributed by atoms with Crippen molar-refractivity contribution in [3.05, 3.63) is 71.6 Å². The van der Waals surface area contributed by atoms with Gasteiger partial charge in [-0.05, 0) is 69.5 Å². The molecule has 0 saturated carbocycles. The fourth-order valence-corrected chi connectivity index (χ4v) is 6.83. The lowest BCUT2D eigenvalue weighted by molar-refractivity contribution is 0.0538. The Bertz CT molecular complexity index is 1640. The Hall–Kier alpha value is -3.73. The van der Waals surface area contributed by atoms with Crippen molar-refractivity contribution in [3.8, 4) is 0 Å². The second kappa shape index (κ2) is 8.93. The predicted octanol–water partition coefficient (Wildman–Crippen LogP) is 5.17. The van der Waals surface area contributed by atoms with Crippen LogP contribution in [-0.2, 0) is 32.4 Å². The number of benzene rings is 2.